The zero-order chi connectivity index (χ0) is 20.5. The predicted octanol–water partition coefficient (Wildman–Crippen LogP) is 4.47. The SMILES string of the molecule is Cc1cccc(-n2nc(C(C)(C)C)cc2NC(=O)c2ccc([S@](C)=O)cc2)c1. The number of benzene rings is 2. The molecule has 3 aromatic rings. The van der Waals surface area contributed by atoms with Crippen LogP contribution in [0.2, 0.25) is 0 Å². The summed E-state index contributed by atoms with van der Waals surface area (Å²) in [7, 11) is -1.07. The zero-order valence-corrected chi connectivity index (χ0v) is 17.6. The van der Waals surface area contributed by atoms with Crippen LogP contribution in [0.25, 0.3) is 5.69 Å². The van der Waals surface area contributed by atoms with E-state index in [1.807, 2.05) is 37.3 Å². The van der Waals surface area contributed by atoms with Crippen molar-refractivity contribution in [1.29, 1.82) is 0 Å². The zero-order valence-electron chi connectivity index (χ0n) is 16.8. The number of hydrogen-bond acceptors (Lipinski definition) is 3. The topological polar surface area (TPSA) is 64.0 Å². The Kier molecular flexibility index (Phi) is 5.52. The molecule has 0 aliphatic rings. The van der Waals surface area contributed by atoms with Crippen molar-refractivity contribution in [2.45, 2.75) is 38.0 Å². The van der Waals surface area contributed by atoms with Gasteiger partial charge in [0.2, 0.25) is 0 Å². The van der Waals surface area contributed by atoms with Gasteiger partial charge in [0.25, 0.3) is 5.91 Å². The van der Waals surface area contributed by atoms with Crippen LogP contribution in [0.5, 0.6) is 0 Å². The monoisotopic (exact) mass is 395 g/mol. The van der Waals surface area contributed by atoms with Crippen LogP contribution < -0.4 is 5.32 Å². The second-order valence-corrected chi connectivity index (χ2v) is 9.23. The van der Waals surface area contributed by atoms with Crippen LogP contribution in [0.3, 0.4) is 0 Å². The molecule has 0 aliphatic carbocycles. The molecule has 1 aromatic heterocycles. The number of nitrogens with zero attached hydrogens (tertiary/aromatic N) is 2. The van der Waals surface area contributed by atoms with E-state index in [2.05, 4.69) is 26.1 Å². The molecule has 0 radical (unpaired) electrons. The molecule has 28 heavy (non-hydrogen) atoms. The average Bonchev–Trinajstić information content (AvgIpc) is 3.06. The molecule has 6 heteroatoms. The van der Waals surface area contributed by atoms with Gasteiger partial charge in [-0.2, -0.15) is 5.10 Å². The fourth-order valence-corrected chi connectivity index (χ4v) is 3.30. The van der Waals surface area contributed by atoms with Crippen LogP contribution in [0, 0.1) is 6.92 Å². The molecular formula is C22H25N3O2S. The van der Waals surface area contributed by atoms with E-state index < -0.39 is 10.8 Å². The predicted molar refractivity (Wildman–Crippen MR) is 114 cm³/mol. The molecule has 1 atom stereocenters. The molecule has 0 aliphatic heterocycles. The highest BCUT2D eigenvalue weighted by Gasteiger charge is 2.22. The largest absolute Gasteiger partial charge is 0.306 e. The number of aryl methyl sites for hydroxylation is 1. The van der Waals surface area contributed by atoms with Crippen LogP contribution in [-0.4, -0.2) is 26.2 Å². The first-order chi connectivity index (χ1) is 13.1. The lowest BCUT2D eigenvalue weighted by Crippen LogP contribution is -2.15. The van der Waals surface area contributed by atoms with Crippen molar-refractivity contribution in [1.82, 2.24) is 9.78 Å². The Balaban J connectivity index is 1.97. The molecule has 1 N–H and O–H groups in total. The fourth-order valence-electron chi connectivity index (χ4n) is 2.78. The highest BCUT2D eigenvalue weighted by Crippen LogP contribution is 2.27. The minimum atomic E-state index is -1.07. The van der Waals surface area contributed by atoms with Crippen molar-refractivity contribution in [2.24, 2.45) is 0 Å². The quantitative estimate of drug-likeness (QED) is 0.709. The Labute approximate surface area is 168 Å². The minimum Gasteiger partial charge on any atom is -0.306 e. The standard InChI is InChI=1S/C22H25N3O2S/c1-15-7-6-8-17(13-15)25-20(14-19(24-25)22(2,3)4)23-21(26)16-9-11-18(12-10-16)28(5)27/h6-14H,1-5H3,(H,23,26)/t28-/m0/s1. The Hall–Kier alpha value is -2.73. The summed E-state index contributed by atoms with van der Waals surface area (Å²) in [6, 6.07) is 16.7. The Bertz CT molecular complexity index is 1030. The van der Waals surface area contributed by atoms with Gasteiger partial charge in [0.1, 0.15) is 5.82 Å². The van der Waals surface area contributed by atoms with Crippen molar-refractivity contribution >= 4 is 22.5 Å². The van der Waals surface area contributed by atoms with Gasteiger partial charge in [-0.1, -0.05) is 32.9 Å². The van der Waals surface area contributed by atoms with Crippen LogP contribution in [-0.2, 0) is 16.2 Å². The van der Waals surface area contributed by atoms with Gasteiger partial charge >= 0.3 is 0 Å². The van der Waals surface area contributed by atoms with Gasteiger partial charge in [0.15, 0.2) is 0 Å². The van der Waals surface area contributed by atoms with Gasteiger partial charge in [-0.25, -0.2) is 4.68 Å². The summed E-state index contributed by atoms with van der Waals surface area (Å²) in [5, 5.41) is 7.71. The summed E-state index contributed by atoms with van der Waals surface area (Å²) in [5.74, 6) is 0.381. The second kappa shape index (κ2) is 7.72. The first-order valence-corrected chi connectivity index (χ1v) is 10.6. The van der Waals surface area contributed by atoms with E-state index in [0.717, 1.165) is 16.9 Å². The lowest BCUT2D eigenvalue weighted by molar-refractivity contribution is 0.102. The van der Waals surface area contributed by atoms with E-state index in [4.69, 9.17) is 5.10 Å². The molecule has 0 fully saturated rings. The maximum absolute atomic E-state index is 12.8. The number of aromatic nitrogens is 2. The highest BCUT2D eigenvalue weighted by atomic mass is 32.2. The van der Waals surface area contributed by atoms with Crippen molar-refractivity contribution in [2.75, 3.05) is 11.6 Å². The second-order valence-electron chi connectivity index (χ2n) is 7.85. The molecule has 1 amide bonds. The van der Waals surface area contributed by atoms with Gasteiger partial charge in [-0.05, 0) is 48.9 Å². The van der Waals surface area contributed by atoms with E-state index in [9.17, 15) is 9.00 Å². The number of nitrogens with one attached hydrogen (secondary N) is 1. The molecule has 0 spiro atoms. The van der Waals surface area contributed by atoms with Crippen LogP contribution in [0.1, 0.15) is 42.4 Å². The number of hydrogen-bond donors (Lipinski definition) is 1. The normalized spacial score (nSPS) is 12.6. The van der Waals surface area contributed by atoms with Gasteiger partial charge in [-0.15, -0.1) is 0 Å². The smallest absolute Gasteiger partial charge is 0.256 e. The Morgan fingerprint density at radius 2 is 1.75 bits per heavy atom. The summed E-state index contributed by atoms with van der Waals surface area (Å²) in [4.78, 5) is 13.5. The average molecular weight is 396 g/mol. The maximum Gasteiger partial charge on any atom is 0.256 e. The molecule has 3 rings (SSSR count). The minimum absolute atomic E-state index is 0.151. The van der Waals surface area contributed by atoms with Gasteiger partial charge in [-0.3, -0.25) is 9.00 Å². The van der Waals surface area contributed by atoms with Crippen LogP contribution in [0.4, 0.5) is 5.82 Å². The molecular weight excluding hydrogens is 370 g/mol. The van der Waals surface area contributed by atoms with Crippen LogP contribution in [0.15, 0.2) is 59.5 Å². The molecule has 0 saturated heterocycles. The van der Waals surface area contributed by atoms with Crippen LogP contribution >= 0.6 is 0 Å². The molecule has 2 aromatic carbocycles. The van der Waals surface area contributed by atoms with Crippen molar-refractivity contribution in [3.05, 3.63) is 71.4 Å². The summed E-state index contributed by atoms with van der Waals surface area (Å²) in [6.45, 7) is 8.29. The van der Waals surface area contributed by atoms with Crippen molar-refractivity contribution in [3.63, 3.8) is 0 Å². The van der Waals surface area contributed by atoms with E-state index in [0.29, 0.717) is 16.3 Å². The fraction of sp³-hybridized carbons (Fsp3) is 0.273. The van der Waals surface area contributed by atoms with Gasteiger partial charge in [0, 0.05) is 39.0 Å². The maximum atomic E-state index is 12.8. The molecule has 0 saturated carbocycles. The van der Waals surface area contributed by atoms with E-state index >= 15 is 0 Å². The lowest BCUT2D eigenvalue weighted by Gasteiger charge is -2.14. The number of rotatable bonds is 4. The van der Waals surface area contributed by atoms with E-state index in [1.54, 1.807) is 35.2 Å². The number of anilines is 1. The first kappa shape index (κ1) is 20.0. The third kappa shape index (κ3) is 4.39. The van der Waals surface area contributed by atoms with Gasteiger partial charge in [0.05, 0.1) is 11.4 Å². The summed E-state index contributed by atoms with van der Waals surface area (Å²) >= 11 is 0. The summed E-state index contributed by atoms with van der Waals surface area (Å²) in [5.41, 5.74) is 3.25. The number of amides is 1. The van der Waals surface area contributed by atoms with Gasteiger partial charge < -0.3 is 5.32 Å². The number of carbonyl (C=O) groups excluding carboxylic acids is 1. The molecule has 5 nitrogen and oxygen atoms in total. The lowest BCUT2D eigenvalue weighted by atomic mass is 9.92. The first-order valence-electron chi connectivity index (χ1n) is 9.07. The number of carbonyl (C=O) groups is 1. The molecule has 1 heterocycles. The molecule has 0 bridgehead atoms. The Morgan fingerprint density at radius 3 is 2.32 bits per heavy atom. The van der Waals surface area contributed by atoms with E-state index in [-0.39, 0.29) is 11.3 Å². The highest BCUT2D eigenvalue weighted by molar-refractivity contribution is 7.84. The third-order valence-corrected chi connectivity index (χ3v) is 5.35. The molecule has 0 unspecified atom stereocenters. The van der Waals surface area contributed by atoms with E-state index in [1.165, 1.54) is 0 Å². The van der Waals surface area contributed by atoms with Crippen molar-refractivity contribution < 1.29 is 9.00 Å². The molecule has 146 valence electrons. The Morgan fingerprint density at radius 1 is 1.07 bits per heavy atom. The van der Waals surface area contributed by atoms with Crippen molar-refractivity contribution in [3.8, 4) is 5.69 Å². The third-order valence-electron chi connectivity index (χ3n) is 4.41. The summed E-state index contributed by atoms with van der Waals surface area (Å²) < 4.78 is 13.3. The summed E-state index contributed by atoms with van der Waals surface area (Å²) in [6.07, 6.45) is 1.61.